The minimum atomic E-state index is -0.433. The van der Waals surface area contributed by atoms with Crippen LogP contribution in [0.5, 0.6) is 0 Å². The van der Waals surface area contributed by atoms with E-state index < -0.39 is 5.91 Å². The van der Waals surface area contributed by atoms with Crippen molar-refractivity contribution >= 4 is 11.9 Å². The number of nitrogens with two attached hydrogens (primary N) is 1. The molecule has 22 heavy (non-hydrogen) atoms. The number of amides is 3. The van der Waals surface area contributed by atoms with Gasteiger partial charge in [0.15, 0.2) is 0 Å². The first-order chi connectivity index (χ1) is 10.6. The van der Waals surface area contributed by atoms with Crippen molar-refractivity contribution in [2.75, 3.05) is 6.54 Å². The summed E-state index contributed by atoms with van der Waals surface area (Å²) in [5, 5.41) is 2.77. The molecule has 116 valence electrons. The molecule has 0 saturated heterocycles. The third-order valence-electron chi connectivity index (χ3n) is 3.13. The predicted molar refractivity (Wildman–Crippen MR) is 81.6 cm³/mol. The van der Waals surface area contributed by atoms with Crippen molar-refractivity contribution < 1.29 is 14.0 Å². The third-order valence-corrected chi connectivity index (χ3v) is 3.13. The Hall–Kier alpha value is -2.76. The number of carbonyl (C=O) groups excluding carboxylic acids is 2. The Balaban J connectivity index is 1.95. The summed E-state index contributed by atoms with van der Waals surface area (Å²) in [6.07, 6.45) is 1.68. The summed E-state index contributed by atoms with van der Waals surface area (Å²) < 4.78 is 5.17. The number of hydrogen-bond acceptors (Lipinski definition) is 3. The van der Waals surface area contributed by atoms with E-state index in [0.717, 1.165) is 5.56 Å². The molecule has 3 amide bonds. The maximum absolute atomic E-state index is 12.3. The Morgan fingerprint density at radius 3 is 2.55 bits per heavy atom. The van der Waals surface area contributed by atoms with Gasteiger partial charge in [-0.15, -0.1) is 0 Å². The molecule has 0 aliphatic carbocycles. The molecule has 0 radical (unpaired) electrons. The monoisotopic (exact) mass is 301 g/mol. The zero-order valence-electron chi connectivity index (χ0n) is 12.2. The number of furan rings is 1. The molecule has 6 nitrogen and oxygen atoms in total. The molecule has 0 fully saturated rings. The molecule has 1 heterocycles. The fourth-order valence-electron chi connectivity index (χ4n) is 1.99. The highest BCUT2D eigenvalue weighted by molar-refractivity contribution is 5.77. The number of nitrogens with zero attached hydrogens (tertiary/aromatic N) is 1. The molecule has 0 aliphatic heterocycles. The summed E-state index contributed by atoms with van der Waals surface area (Å²) in [7, 11) is 0. The minimum absolute atomic E-state index is 0.126. The van der Waals surface area contributed by atoms with Crippen LogP contribution in [0.4, 0.5) is 4.79 Å². The molecule has 0 atom stereocenters. The first-order valence-corrected chi connectivity index (χ1v) is 7.02. The van der Waals surface area contributed by atoms with E-state index in [1.54, 1.807) is 23.3 Å². The van der Waals surface area contributed by atoms with Crippen LogP contribution in [-0.2, 0) is 17.9 Å². The van der Waals surface area contributed by atoms with Gasteiger partial charge in [-0.05, 0) is 17.7 Å². The summed E-state index contributed by atoms with van der Waals surface area (Å²) in [6.45, 7) is 0.986. The van der Waals surface area contributed by atoms with Gasteiger partial charge in [0.1, 0.15) is 5.76 Å². The Morgan fingerprint density at radius 2 is 1.91 bits per heavy atom. The Bertz CT molecular complexity index is 596. The molecule has 0 aliphatic rings. The molecule has 0 bridgehead atoms. The standard InChI is InChI=1S/C16H19N3O3/c17-15(20)8-9-19(12-13-5-2-1-3-6-13)16(21)18-11-14-7-4-10-22-14/h1-7,10H,8-9,11-12H2,(H2,17,20)(H,18,21). The van der Waals surface area contributed by atoms with E-state index in [-0.39, 0.29) is 19.0 Å². The Morgan fingerprint density at radius 1 is 1.14 bits per heavy atom. The average Bonchev–Trinajstić information content (AvgIpc) is 3.03. The molecule has 6 heteroatoms. The zero-order valence-corrected chi connectivity index (χ0v) is 12.2. The molecule has 2 aromatic rings. The second kappa shape index (κ2) is 7.87. The van der Waals surface area contributed by atoms with Crippen LogP contribution in [0.1, 0.15) is 17.7 Å². The molecular formula is C16H19N3O3. The number of urea groups is 1. The third kappa shape index (κ3) is 4.97. The van der Waals surface area contributed by atoms with Gasteiger partial charge in [-0.2, -0.15) is 0 Å². The number of benzene rings is 1. The van der Waals surface area contributed by atoms with E-state index in [9.17, 15) is 9.59 Å². The van der Waals surface area contributed by atoms with Crippen LogP contribution in [0.25, 0.3) is 0 Å². The SMILES string of the molecule is NC(=O)CCN(Cc1ccccc1)C(=O)NCc1ccco1. The summed E-state index contributed by atoms with van der Waals surface area (Å²) >= 11 is 0. The van der Waals surface area contributed by atoms with Crippen molar-refractivity contribution in [1.29, 1.82) is 0 Å². The summed E-state index contributed by atoms with van der Waals surface area (Å²) in [6, 6.07) is 12.9. The molecule has 1 aromatic carbocycles. The van der Waals surface area contributed by atoms with Crippen LogP contribution in [0.15, 0.2) is 53.1 Å². The van der Waals surface area contributed by atoms with Gasteiger partial charge < -0.3 is 20.4 Å². The van der Waals surface area contributed by atoms with Crippen molar-refractivity contribution in [2.24, 2.45) is 5.73 Å². The minimum Gasteiger partial charge on any atom is -0.467 e. The number of primary amides is 1. The second-order valence-corrected chi connectivity index (χ2v) is 4.86. The maximum atomic E-state index is 12.3. The Kier molecular flexibility index (Phi) is 5.59. The van der Waals surface area contributed by atoms with Crippen LogP contribution >= 0.6 is 0 Å². The molecule has 1 aromatic heterocycles. The highest BCUT2D eigenvalue weighted by Gasteiger charge is 2.15. The van der Waals surface area contributed by atoms with Gasteiger partial charge in [0.2, 0.25) is 5.91 Å². The lowest BCUT2D eigenvalue weighted by atomic mass is 10.2. The van der Waals surface area contributed by atoms with Crippen molar-refractivity contribution in [1.82, 2.24) is 10.2 Å². The molecule has 3 N–H and O–H groups in total. The number of nitrogens with one attached hydrogen (secondary N) is 1. The van der Waals surface area contributed by atoms with Gasteiger partial charge in [-0.3, -0.25) is 4.79 Å². The largest absolute Gasteiger partial charge is 0.467 e. The second-order valence-electron chi connectivity index (χ2n) is 4.86. The molecule has 0 unspecified atom stereocenters. The quantitative estimate of drug-likeness (QED) is 0.818. The summed E-state index contributed by atoms with van der Waals surface area (Å²) in [4.78, 5) is 24.8. The Labute approximate surface area is 128 Å². The first-order valence-electron chi connectivity index (χ1n) is 7.02. The van der Waals surface area contributed by atoms with E-state index in [0.29, 0.717) is 18.8 Å². The molecule has 0 spiro atoms. The number of hydrogen-bond donors (Lipinski definition) is 2. The van der Waals surface area contributed by atoms with E-state index in [1.165, 1.54) is 0 Å². The van der Waals surface area contributed by atoms with Crippen LogP contribution in [0.2, 0.25) is 0 Å². The highest BCUT2D eigenvalue weighted by Crippen LogP contribution is 2.06. The zero-order chi connectivity index (χ0) is 15.8. The lowest BCUT2D eigenvalue weighted by molar-refractivity contribution is -0.118. The van der Waals surface area contributed by atoms with Crippen LogP contribution in [0.3, 0.4) is 0 Å². The normalized spacial score (nSPS) is 10.2. The average molecular weight is 301 g/mol. The lowest BCUT2D eigenvalue weighted by Crippen LogP contribution is -2.40. The maximum Gasteiger partial charge on any atom is 0.318 e. The van der Waals surface area contributed by atoms with Crippen molar-refractivity contribution in [3.05, 3.63) is 60.1 Å². The van der Waals surface area contributed by atoms with E-state index in [2.05, 4.69) is 5.32 Å². The molecule has 0 saturated carbocycles. The van der Waals surface area contributed by atoms with Gasteiger partial charge in [0, 0.05) is 19.5 Å². The van der Waals surface area contributed by atoms with Crippen molar-refractivity contribution in [3.8, 4) is 0 Å². The van der Waals surface area contributed by atoms with Crippen LogP contribution in [-0.4, -0.2) is 23.4 Å². The fourth-order valence-corrected chi connectivity index (χ4v) is 1.99. The smallest absolute Gasteiger partial charge is 0.318 e. The number of rotatable bonds is 7. The fraction of sp³-hybridized carbons (Fsp3) is 0.250. The topological polar surface area (TPSA) is 88.6 Å². The van der Waals surface area contributed by atoms with Gasteiger partial charge in [-0.1, -0.05) is 30.3 Å². The van der Waals surface area contributed by atoms with Crippen LogP contribution in [0, 0.1) is 0 Å². The van der Waals surface area contributed by atoms with Gasteiger partial charge in [0.05, 0.1) is 12.8 Å². The van der Waals surface area contributed by atoms with E-state index in [4.69, 9.17) is 10.2 Å². The number of carbonyl (C=O) groups is 2. The van der Waals surface area contributed by atoms with Crippen molar-refractivity contribution in [2.45, 2.75) is 19.5 Å². The van der Waals surface area contributed by atoms with E-state index >= 15 is 0 Å². The van der Waals surface area contributed by atoms with Crippen LogP contribution < -0.4 is 11.1 Å². The van der Waals surface area contributed by atoms with Crippen molar-refractivity contribution in [3.63, 3.8) is 0 Å². The van der Waals surface area contributed by atoms with E-state index in [1.807, 2.05) is 30.3 Å². The highest BCUT2D eigenvalue weighted by atomic mass is 16.3. The predicted octanol–water partition coefficient (Wildman–Crippen LogP) is 1.87. The lowest BCUT2D eigenvalue weighted by Gasteiger charge is -2.22. The molecule has 2 rings (SSSR count). The van der Waals surface area contributed by atoms with Gasteiger partial charge >= 0.3 is 6.03 Å². The first kappa shape index (κ1) is 15.6. The molecular weight excluding hydrogens is 282 g/mol. The summed E-state index contributed by atoms with van der Waals surface area (Å²) in [5.41, 5.74) is 6.16. The van der Waals surface area contributed by atoms with Gasteiger partial charge in [-0.25, -0.2) is 4.79 Å². The van der Waals surface area contributed by atoms with Gasteiger partial charge in [0.25, 0.3) is 0 Å². The summed E-state index contributed by atoms with van der Waals surface area (Å²) in [5.74, 6) is 0.236.